The molecule has 3 amide bonds. The minimum Gasteiger partial charge on any atom is -0.495 e. The van der Waals surface area contributed by atoms with Crippen molar-refractivity contribution in [3.05, 3.63) is 92.3 Å². The molecule has 1 N–H and O–H groups in total. The molecular weight excluding hydrogens is 592 g/mol. The molecule has 0 unspecified atom stereocenters. The van der Waals surface area contributed by atoms with Crippen LogP contribution in [0.4, 0.5) is 23.7 Å². The van der Waals surface area contributed by atoms with Crippen LogP contribution in [-0.4, -0.2) is 35.6 Å². The molecule has 3 aromatic rings. The summed E-state index contributed by atoms with van der Waals surface area (Å²) >= 11 is 13.1. The van der Waals surface area contributed by atoms with Crippen molar-refractivity contribution in [1.29, 1.82) is 0 Å². The van der Waals surface area contributed by atoms with E-state index in [1.807, 2.05) is 12.1 Å². The summed E-state index contributed by atoms with van der Waals surface area (Å²) in [5.74, 6) is -1.26. The quantitative estimate of drug-likeness (QED) is 0.270. The monoisotopic (exact) mass is 610 g/mol. The fourth-order valence-corrected chi connectivity index (χ4v) is 4.87. The maximum Gasteiger partial charge on any atom is 0.416 e. The molecular formula is C27H19Cl2F3N2O5S. The number of anilines is 1. The van der Waals surface area contributed by atoms with Gasteiger partial charge in [-0.1, -0.05) is 47.5 Å². The lowest BCUT2D eigenvalue weighted by molar-refractivity contribution is -0.137. The number of ether oxygens (including phenoxy) is 2. The first-order chi connectivity index (χ1) is 19.0. The second kappa shape index (κ2) is 12.2. The van der Waals surface area contributed by atoms with E-state index in [1.54, 1.807) is 30.3 Å². The normalized spacial score (nSPS) is 14.6. The van der Waals surface area contributed by atoms with Crippen LogP contribution in [0.25, 0.3) is 6.08 Å². The second-order valence-electron chi connectivity index (χ2n) is 8.30. The Bertz CT molecular complexity index is 1510. The molecule has 13 heteroatoms. The molecule has 1 heterocycles. The summed E-state index contributed by atoms with van der Waals surface area (Å²) < 4.78 is 50.0. The van der Waals surface area contributed by atoms with Crippen molar-refractivity contribution in [2.24, 2.45) is 0 Å². The number of nitrogens with zero attached hydrogens (tertiary/aromatic N) is 1. The first-order valence-corrected chi connectivity index (χ1v) is 13.0. The molecule has 1 aliphatic rings. The van der Waals surface area contributed by atoms with E-state index in [0.717, 1.165) is 17.7 Å². The van der Waals surface area contributed by atoms with E-state index in [4.69, 9.17) is 32.7 Å². The summed E-state index contributed by atoms with van der Waals surface area (Å²) in [5, 5.41) is 2.36. The van der Waals surface area contributed by atoms with Gasteiger partial charge >= 0.3 is 6.18 Å². The molecule has 0 radical (unpaired) electrons. The number of alkyl halides is 3. The van der Waals surface area contributed by atoms with Crippen LogP contribution in [0.5, 0.6) is 11.5 Å². The number of imide groups is 1. The standard InChI is InChI=1S/C27H19Cl2F3N2O5S/c1-38-22-9-7-17(27(30,31)32)12-20(22)33-24(35)13-34-25(36)23(40-26(34)37)11-15-6-8-21(19(29)10-15)39-14-16-4-2-3-5-18(16)28/h2-12H,13-14H2,1H3,(H,33,35)/b23-11-. The molecule has 0 spiro atoms. The number of thioether (sulfide) groups is 1. The van der Waals surface area contributed by atoms with E-state index in [9.17, 15) is 27.6 Å². The molecule has 0 aliphatic carbocycles. The van der Waals surface area contributed by atoms with Gasteiger partial charge in [-0.25, -0.2) is 0 Å². The van der Waals surface area contributed by atoms with Crippen molar-refractivity contribution in [2.45, 2.75) is 12.8 Å². The fraction of sp³-hybridized carbons (Fsp3) is 0.148. The number of amides is 3. The van der Waals surface area contributed by atoms with E-state index in [2.05, 4.69) is 5.32 Å². The average Bonchev–Trinajstić information content (AvgIpc) is 3.15. The molecule has 1 saturated heterocycles. The van der Waals surface area contributed by atoms with Crippen molar-refractivity contribution in [3.8, 4) is 11.5 Å². The van der Waals surface area contributed by atoms with Gasteiger partial charge in [0, 0.05) is 10.6 Å². The van der Waals surface area contributed by atoms with Gasteiger partial charge in [0.05, 0.1) is 28.3 Å². The number of carbonyl (C=O) groups excluding carboxylic acids is 3. The number of methoxy groups -OCH3 is 1. The van der Waals surface area contributed by atoms with Crippen LogP contribution in [0.3, 0.4) is 0 Å². The van der Waals surface area contributed by atoms with Gasteiger partial charge in [-0.2, -0.15) is 13.2 Å². The van der Waals surface area contributed by atoms with Crippen LogP contribution in [-0.2, 0) is 22.4 Å². The van der Waals surface area contributed by atoms with E-state index in [1.165, 1.54) is 13.2 Å². The maximum absolute atomic E-state index is 13.1. The first kappa shape index (κ1) is 29.3. The van der Waals surface area contributed by atoms with Crippen molar-refractivity contribution in [1.82, 2.24) is 4.90 Å². The van der Waals surface area contributed by atoms with Crippen molar-refractivity contribution < 1.29 is 37.0 Å². The SMILES string of the molecule is COc1ccc(C(F)(F)F)cc1NC(=O)CN1C(=O)S/C(=C\c2ccc(OCc3ccccc3Cl)c(Cl)c2)C1=O. The minimum atomic E-state index is -4.65. The lowest BCUT2D eigenvalue weighted by Crippen LogP contribution is -2.36. The van der Waals surface area contributed by atoms with Gasteiger partial charge in [0.15, 0.2) is 0 Å². The van der Waals surface area contributed by atoms with Crippen LogP contribution < -0.4 is 14.8 Å². The predicted molar refractivity (Wildman–Crippen MR) is 147 cm³/mol. The molecule has 0 bridgehead atoms. The van der Waals surface area contributed by atoms with E-state index in [-0.39, 0.29) is 28.0 Å². The molecule has 4 rings (SSSR count). The molecule has 7 nitrogen and oxygen atoms in total. The van der Waals surface area contributed by atoms with E-state index >= 15 is 0 Å². The topological polar surface area (TPSA) is 84.9 Å². The Kier molecular flexibility index (Phi) is 8.97. The Morgan fingerprint density at radius 2 is 1.75 bits per heavy atom. The zero-order valence-electron chi connectivity index (χ0n) is 20.6. The van der Waals surface area contributed by atoms with Crippen molar-refractivity contribution >= 4 is 63.8 Å². The van der Waals surface area contributed by atoms with E-state index < -0.39 is 35.3 Å². The number of nitrogens with one attached hydrogen (secondary N) is 1. The third kappa shape index (κ3) is 6.90. The summed E-state index contributed by atoms with van der Waals surface area (Å²) in [7, 11) is 1.23. The highest BCUT2D eigenvalue weighted by molar-refractivity contribution is 8.18. The maximum atomic E-state index is 13.1. The van der Waals surface area contributed by atoms with Gasteiger partial charge in [0.1, 0.15) is 24.7 Å². The van der Waals surface area contributed by atoms with Gasteiger partial charge in [-0.3, -0.25) is 19.3 Å². The molecule has 0 atom stereocenters. The van der Waals surface area contributed by atoms with Gasteiger partial charge in [-0.05, 0) is 59.8 Å². The zero-order chi connectivity index (χ0) is 29.0. The third-order valence-electron chi connectivity index (χ3n) is 5.57. The molecule has 208 valence electrons. The summed E-state index contributed by atoms with van der Waals surface area (Å²) in [4.78, 5) is 38.6. The Balaban J connectivity index is 1.43. The summed E-state index contributed by atoms with van der Waals surface area (Å²) in [6.45, 7) is -0.525. The Labute approximate surface area is 240 Å². The number of benzene rings is 3. The van der Waals surface area contributed by atoms with Crippen molar-refractivity contribution in [3.63, 3.8) is 0 Å². The van der Waals surface area contributed by atoms with Crippen LogP contribution in [0.15, 0.2) is 65.6 Å². The fourth-order valence-electron chi connectivity index (χ4n) is 3.60. The minimum absolute atomic E-state index is 0.0217. The Hall–Kier alpha value is -3.67. The van der Waals surface area contributed by atoms with Crippen molar-refractivity contribution in [2.75, 3.05) is 19.0 Å². The first-order valence-electron chi connectivity index (χ1n) is 11.4. The highest BCUT2D eigenvalue weighted by Crippen LogP contribution is 2.36. The van der Waals surface area contributed by atoms with E-state index in [0.29, 0.717) is 39.1 Å². The van der Waals surface area contributed by atoms with Gasteiger partial charge in [0.25, 0.3) is 11.1 Å². The smallest absolute Gasteiger partial charge is 0.416 e. The molecule has 1 fully saturated rings. The van der Waals surface area contributed by atoms with Crippen LogP contribution in [0, 0.1) is 0 Å². The Morgan fingerprint density at radius 1 is 1.02 bits per heavy atom. The van der Waals surface area contributed by atoms with Gasteiger partial charge in [0.2, 0.25) is 5.91 Å². The summed E-state index contributed by atoms with van der Waals surface area (Å²) in [6, 6.07) is 14.5. The molecule has 3 aromatic carbocycles. The third-order valence-corrected chi connectivity index (χ3v) is 7.14. The lowest BCUT2D eigenvalue weighted by atomic mass is 10.1. The van der Waals surface area contributed by atoms with Gasteiger partial charge in [-0.15, -0.1) is 0 Å². The highest BCUT2D eigenvalue weighted by Gasteiger charge is 2.37. The summed E-state index contributed by atoms with van der Waals surface area (Å²) in [6.07, 6.45) is -3.21. The molecule has 0 aromatic heterocycles. The Morgan fingerprint density at radius 3 is 2.42 bits per heavy atom. The molecule has 0 saturated carbocycles. The number of rotatable bonds is 8. The number of halogens is 5. The zero-order valence-corrected chi connectivity index (χ0v) is 22.9. The summed E-state index contributed by atoms with van der Waals surface area (Å²) in [5.41, 5.74) is 0.0141. The predicted octanol–water partition coefficient (Wildman–Crippen LogP) is 7.27. The average molecular weight is 611 g/mol. The largest absolute Gasteiger partial charge is 0.495 e. The second-order valence-corrected chi connectivity index (χ2v) is 10.1. The molecule has 1 aliphatic heterocycles. The van der Waals surface area contributed by atoms with Crippen LogP contribution in [0.1, 0.15) is 16.7 Å². The number of carbonyl (C=O) groups is 3. The van der Waals surface area contributed by atoms with Crippen LogP contribution >= 0.6 is 35.0 Å². The number of hydrogen-bond donors (Lipinski definition) is 1. The van der Waals surface area contributed by atoms with Gasteiger partial charge < -0.3 is 14.8 Å². The van der Waals surface area contributed by atoms with Crippen LogP contribution in [0.2, 0.25) is 10.0 Å². The highest BCUT2D eigenvalue weighted by atomic mass is 35.5. The lowest BCUT2D eigenvalue weighted by Gasteiger charge is -2.16. The molecule has 40 heavy (non-hydrogen) atoms. The number of hydrogen-bond acceptors (Lipinski definition) is 6.